The van der Waals surface area contributed by atoms with Gasteiger partial charge in [0, 0.05) is 34.5 Å². The summed E-state index contributed by atoms with van der Waals surface area (Å²) in [6.45, 7) is 0.450. The van der Waals surface area contributed by atoms with Crippen LogP contribution in [0, 0.1) is 0 Å². The second-order valence-electron chi connectivity index (χ2n) is 5.98. The number of nitrogens with zero attached hydrogens (tertiary/aromatic N) is 4. The molecule has 0 aliphatic heterocycles. The maximum atomic E-state index is 5.89. The monoisotopic (exact) mass is 448 g/mol. The Morgan fingerprint density at radius 1 is 1.14 bits per heavy atom. The van der Waals surface area contributed by atoms with Gasteiger partial charge in [-0.1, -0.05) is 29.4 Å². The topological polar surface area (TPSA) is 52.8 Å². The normalized spacial score (nSPS) is 11.1. The summed E-state index contributed by atoms with van der Waals surface area (Å²) in [6.07, 6.45) is 0.810. The molecule has 144 valence electrons. The molecule has 0 saturated carbocycles. The number of ether oxygens (including phenoxy) is 1. The van der Waals surface area contributed by atoms with Crippen LogP contribution < -0.4 is 4.74 Å². The Bertz CT molecular complexity index is 1030. The van der Waals surface area contributed by atoms with Gasteiger partial charge in [-0.3, -0.25) is 0 Å². The molecule has 4 aromatic rings. The van der Waals surface area contributed by atoms with Gasteiger partial charge in [0.25, 0.3) is 0 Å². The van der Waals surface area contributed by atoms with E-state index < -0.39 is 0 Å². The van der Waals surface area contributed by atoms with Crippen molar-refractivity contribution in [2.24, 2.45) is 7.05 Å². The molecule has 9 heteroatoms. The number of thiophene rings is 1. The van der Waals surface area contributed by atoms with Gasteiger partial charge in [-0.25, -0.2) is 4.98 Å². The number of thioether (sulfide) groups is 1. The van der Waals surface area contributed by atoms with Crippen LogP contribution >= 0.6 is 46.0 Å². The van der Waals surface area contributed by atoms with Gasteiger partial charge in [-0.2, -0.15) is 0 Å². The highest BCUT2D eigenvalue weighted by molar-refractivity contribution is 7.98. The summed E-state index contributed by atoms with van der Waals surface area (Å²) in [5, 5.41) is 15.3. The van der Waals surface area contributed by atoms with Gasteiger partial charge in [0.1, 0.15) is 23.2 Å². The van der Waals surface area contributed by atoms with E-state index in [1.807, 2.05) is 31.3 Å². The van der Waals surface area contributed by atoms with E-state index in [1.54, 1.807) is 34.4 Å². The molecule has 0 unspecified atom stereocenters. The van der Waals surface area contributed by atoms with Crippen LogP contribution in [0.1, 0.15) is 21.4 Å². The number of thiazole rings is 1. The zero-order valence-corrected chi connectivity index (χ0v) is 18.2. The van der Waals surface area contributed by atoms with Crippen LogP contribution in [0.5, 0.6) is 5.75 Å². The molecule has 0 atom stereocenters. The minimum atomic E-state index is 0.450. The predicted octanol–water partition coefficient (Wildman–Crippen LogP) is 5.45. The minimum absolute atomic E-state index is 0.450. The van der Waals surface area contributed by atoms with Crippen molar-refractivity contribution >= 4 is 46.0 Å². The third kappa shape index (κ3) is 4.94. The Morgan fingerprint density at radius 3 is 2.79 bits per heavy atom. The van der Waals surface area contributed by atoms with Crippen LogP contribution in [0.2, 0.25) is 5.02 Å². The molecule has 0 spiro atoms. The number of aromatic nitrogens is 4. The molecule has 1 aromatic carbocycles. The Balaban J connectivity index is 1.31. The third-order valence-electron chi connectivity index (χ3n) is 3.96. The second kappa shape index (κ2) is 9.09. The molecule has 0 saturated heterocycles. The largest absolute Gasteiger partial charge is 0.486 e. The highest BCUT2D eigenvalue weighted by atomic mass is 35.5. The molecule has 0 fully saturated rings. The van der Waals surface area contributed by atoms with E-state index in [0.29, 0.717) is 11.6 Å². The van der Waals surface area contributed by atoms with Gasteiger partial charge in [0.05, 0.1) is 5.69 Å². The lowest BCUT2D eigenvalue weighted by Crippen LogP contribution is -1.99. The SMILES string of the molecule is Cn1c(Cc2cccs2)nnc1SCc1csc(COc2ccc(Cl)cc2)n1. The predicted molar refractivity (Wildman–Crippen MR) is 116 cm³/mol. The van der Waals surface area contributed by atoms with Crippen LogP contribution in [0.15, 0.2) is 52.3 Å². The second-order valence-corrected chi connectivity index (χ2v) is 9.33. The average molecular weight is 449 g/mol. The number of hydrogen-bond acceptors (Lipinski definition) is 7. The van der Waals surface area contributed by atoms with Crippen molar-refractivity contribution in [3.8, 4) is 5.75 Å². The van der Waals surface area contributed by atoms with Crippen LogP contribution in [-0.2, 0) is 25.8 Å². The van der Waals surface area contributed by atoms with E-state index in [1.165, 1.54) is 4.88 Å². The van der Waals surface area contributed by atoms with Crippen molar-refractivity contribution < 1.29 is 4.74 Å². The van der Waals surface area contributed by atoms with Gasteiger partial charge >= 0.3 is 0 Å². The van der Waals surface area contributed by atoms with Gasteiger partial charge in [-0.05, 0) is 35.7 Å². The third-order valence-corrected chi connectivity index (χ3v) is 7.02. The number of hydrogen-bond donors (Lipinski definition) is 0. The first kappa shape index (κ1) is 19.4. The summed E-state index contributed by atoms with van der Waals surface area (Å²) in [6, 6.07) is 11.5. The number of halogens is 1. The van der Waals surface area contributed by atoms with Crippen LogP contribution in [-0.4, -0.2) is 19.7 Å². The van der Waals surface area contributed by atoms with Gasteiger partial charge in [0.2, 0.25) is 0 Å². The van der Waals surface area contributed by atoms with E-state index in [9.17, 15) is 0 Å². The minimum Gasteiger partial charge on any atom is -0.486 e. The first-order valence-electron chi connectivity index (χ1n) is 8.52. The van der Waals surface area contributed by atoms with Gasteiger partial charge < -0.3 is 9.30 Å². The highest BCUT2D eigenvalue weighted by Crippen LogP contribution is 2.24. The fourth-order valence-electron chi connectivity index (χ4n) is 2.49. The average Bonchev–Trinajstić information content (AvgIpc) is 3.44. The van der Waals surface area contributed by atoms with E-state index in [0.717, 1.165) is 39.6 Å². The van der Waals surface area contributed by atoms with E-state index >= 15 is 0 Å². The van der Waals surface area contributed by atoms with Crippen LogP contribution in [0.3, 0.4) is 0 Å². The molecule has 3 aromatic heterocycles. The summed E-state index contributed by atoms with van der Waals surface area (Å²) >= 11 is 10.9. The summed E-state index contributed by atoms with van der Waals surface area (Å²) in [7, 11) is 2.01. The Morgan fingerprint density at radius 2 is 2.00 bits per heavy atom. The molecule has 0 N–H and O–H groups in total. The van der Waals surface area contributed by atoms with Crippen molar-refractivity contribution in [1.29, 1.82) is 0 Å². The summed E-state index contributed by atoms with van der Waals surface area (Å²) < 4.78 is 7.81. The molecule has 3 heterocycles. The smallest absolute Gasteiger partial charge is 0.191 e. The molecule has 0 bridgehead atoms. The lowest BCUT2D eigenvalue weighted by molar-refractivity contribution is 0.305. The molecular formula is C19H17ClN4OS3. The fraction of sp³-hybridized carbons (Fsp3) is 0.211. The van der Waals surface area contributed by atoms with Gasteiger partial charge in [0.15, 0.2) is 5.16 Å². The van der Waals surface area contributed by atoms with E-state index in [-0.39, 0.29) is 0 Å². The maximum Gasteiger partial charge on any atom is 0.191 e. The van der Waals surface area contributed by atoms with Crippen molar-refractivity contribution in [2.75, 3.05) is 0 Å². The Hall–Kier alpha value is -1.87. The van der Waals surface area contributed by atoms with Crippen molar-refractivity contribution in [1.82, 2.24) is 19.7 Å². The first-order chi connectivity index (χ1) is 13.7. The van der Waals surface area contributed by atoms with Crippen LogP contribution in [0.25, 0.3) is 0 Å². The van der Waals surface area contributed by atoms with Crippen molar-refractivity contribution in [2.45, 2.75) is 23.9 Å². The summed E-state index contributed by atoms with van der Waals surface area (Å²) in [4.78, 5) is 5.93. The molecule has 0 aliphatic rings. The highest BCUT2D eigenvalue weighted by Gasteiger charge is 2.12. The molecule has 0 amide bonds. The number of rotatable bonds is 8. The fourth-order valence-corrected chi connectivity index (χ4v) is 4.95. The maximum absolute atomic E-state index is 5.89. The Kier molecular flexibility index (Phi) is 6.31. The van der Waals surface area contributed by atoms with Gasteiger partial charge in [-0.15, -0.1) is 32.9 Å². The molecular weight excluding hydrogens is 432 g/mol. The van der Waals surface area contributed by atoms with Crippen LogP contribution in [0.4, 0.5) is 0 Å². The lowest BCUT2D eigenvalue weighted by Gasteiger charge is -2.03. The van der Waals surface area contributed by atoms with Crippen molar-refractivity contribution in [3.63, 3.8) is 0 Å². The van der Waals surface area contributed by atoms with E-state index in [2.05, 4.69) is 42.6 Å². The zero-order valence-electron chi connectivity index (χ0n) is 15.0. The first-order valence-corrected chi connectivity index (χ1v) is 11.6. The number of benzene rings is 1. The Labute approximate surface area is 180 Å². The molecule has 5 nitrogen and oxygen atoms in total. The standard InChI is InChI=1S/C19H17ClN4OS3/c1-24-17(9-16-3-2-8-26-16)22-23-19(24)28-12-14-11-27-18(21-14)10-25-15-6-4-13(20)5-7-15/h2-8,11H,9-10,12H2,1H3. The zero-order chi connectivity index (χ0) is 19.3. The lowest BCUT2D eigenvalue weighted by atomic mass is 10.3. The van der Waals surface area contributed by atoms with E-state index in [4.69, 9.17) is 16.3 Å². The molecule has 4 rings (SSSR count). The quantitative estimate of drug-likeness (QED) is 0.335. The molecule has 0 radical (unpaired) electrons. The molecule has 0 aliphatic carbocycles. The summed E-state index contributed by atoms with van der Waals surface area (Å²) in [5.41, 5.74) is 1.02. The van der Waals surface area contributed by atoms with Crippen molar-refractivity contribution in [3.05, 3.63) is 73.6 Å². The summed E-state index contributed by atoms with van der Waals surface area (Å²) in [5.74, 6) is 2.51. The molecule has 28 heavy (non-hydrogen) atoms.